The van der Waals surface area contributed by atoms with Gasteiger partial charge in [0.2, 0.25) is 0 Å². The van der Waals surface area contributed by atoms with E-state index in [1.54, 1.807) is 0 Å². The molecule has 0 amide bonds. The number of hydrogen-bond donors (Lipinski definition) is 0. The summed E-state index contributed by atoms with van der Waals surface area (Å²) in [6.45, 7) is 6.03. The Hall–Kier alpha value is -0.275. The molecule has 1 atom stereocenters. The van der Waals surface area contributed by atoms with Gasteiger partial charge in [0.15, 0.2) is 0 Å². The lowest BCUT2D eigenvalue weighted by atomic mass is 9.86. The molecule has 1 unspecified atom stereocenters. The third kappa shape index (κ3) is 3.41. The van der Waals surface area contributed by atoms with Crippen molar-refractivity contribution in [1.82, 2.24) is 0 Å². The van der Waals surface area contributed by atoms with E-state index in [0.29, 0.717) is 5.92 Å². The van der Waals surface area contributed by atoms with Crippen LogP contribution in [0.15, 0.2) is 12.1 Å². The Bertz CT molecular complexity index is 141. The smallest absolute Gasteiger partial charge is 0.408 e. The molecule has 0 radical (unpaired) electrons. The molecule has 1 saturated heterocycles. The standard InChI is InChI=1S/C9H17BO2/c1-3-9(2)5-6-10-11-7-4-8-12-10/h5-6,9H,3-4,7-8H2,1-2H3/b6-5+. The molecule has 0 saturated carbocycles. The van der Waals surface area contributed by atoms with Gasteiger partial charge in [0, 0.05) is 13.2 Å². The summed E-state index contributed by atoms with van der Waals surface area (Å²) in [5.74, 6) is 2.65. The lowest BCUT2D eigenvalue weighted by Crippen LogP contribution is -2.27. The maximum Gasteiger partial charge on any atom is 0.485 e. The van der Waals surface area contributed by atoms with Crippen molar-refractivity contribution in [3.05, 3.63) is 12.1 Å². The summed E-state index contributed by atoms with van der Waals surface area (Å²) in [5, 5.41) is 0. The van der Waals surface area contributed by atoms with Crippen LogP contribution in [0, 0.1) is 5.92 Å². The van der Waals surface area contributed by atoms with Crippen molar-refractivity contribution in [2.45, 2.75) is 26.7 Å². The molecule has 0 aromatic heterocycles. The zero-order chi connectivity index (χ0) is 8.81. The first-order valence-electron chi connectivity index (χ1n) is 4.74. The van der Waals surface area contributed by atoms with Gasteiger partial charge in [-0.3, -0.25) is 0 Å². The van der Waals surface area contributed by atoms with E-state index >= 15 is 0 Å². The summed E-state index contributed by atoms with van der Waals surface area (Å²) >= 11 is 0. The Labute approximate surface area is 75.1 Å². The molecule has 0 bridgehead atoms. The van der Waals surface area contributed by atoms with Crippen LogP contribution in [0.2, 0.25) is 0 Å². The average molecular weight is 168 g/mol. The van der Waals surface area contributed by atoms with Crippen LogP contribution in [0.25, 0.3) is 0 Å². The Balaban J connectivity index is 2.23. The van der Waals surface area contributed by atoms with Crippen LogP contribution in [0.3, 0.4) is 0 Å². The highest BCUT2D eigenvalue weighted by Crippen LogP contribution is 2.06. The first kappa shape index (κ1) is 9.81. The molecule has 0 spiro atoms. The van der Waals surface area contributed by atoms with Gasteiger partial charge in [0.25, 0.3) is 0 Å². The molecule has 1 rings (SSSR count). The zero-order valence-corrected chi connectivity index (χ0v) is 7.95. The van der Waals surface area contributed by atoms with E-state index in [-0.39, 0.29) is 7.12 Å². The second kappa shape index (κ2) is 5.38. The summed E-state index contributed by atoms with van der Waals surface area (Å²) in [7, 11) is -0.0900. The van der Waals surface area contributed by atoms with Crippen molar-refractivity contribution >= 4 is 7.12 Å². The molecule has 0 N–H and O–H groups in total. The molecular formula is C9H17BO2. The molecule has 0 aromatic rings. The summed E-state index contributed by atoms with van der Waals surface area (Å²) < 4.78 is 10.7. The predicted molar refractivity (Wildman–Crippen MR) is 50.9 cm³/mol. The van der Waals surface area contributed by atoms with E-state index in [2.05, 4.69) is 19.9 Å². The van der Waals surface area contributed by atoms with Crippen LogP contribution >= 0.6 is 0 Å². The zero-order valence-electron chi connectivity index (χ0n) is 7.95. The van der Waals surface area contributed by atoms with Crippen molar-refractivity contribution in [2.75, 3.05) is 13.2 Å². The Morgan fingerprint density at radius 3 is 2.67 bits per heavy atom. The van der Waals surface area contributed by atoms with Gasteiger partial charge < -0.3 is 9.31 Å². The quantitative estimate of drug-likeness (QED) is 0.600. The molecule has 2 nitrogen and oxygen atoms in total. The minimum Gasteiger partial charge on any atom is -0.408 e. The van der Waals surface area contributed by atoms with Gasteiger partial charge in [-0.25, -0.2) is 0 Å². The lowest BCUT2D eigenvalue weighted by molar-refractivity contribution is 0.142. The monoisotopic (exact) mass is 168 g/mol. The van der Waals surface area contributed by atoms with Crippen LogP contribution in [0.4, 0.5) is 0 Å². The van der Waals surface area contributed by atoms with Crippen molar-refractivity contribution in [1.29, 1.82) is 0 Å². The Morgan fingerprint density at radius 1 is 1.42 bits per heavy atom. The summed E-state index contributed by atoms with van der Waals surface area (Å²) in [5.41, 5.74) is 0. The maximum atomic E-state index is 5.36. The van der Waals surface area contributed by atoms with Crippen LogP contribution in [-0.4, -0.2) is 20.3 Å². The Kier molecular flexibility index (Phi) is 4.40. The second-order valence-electron chi connectivity index (χ2n) is 3.23. The van der Waals surface area contributed by atoms with Gasteiger partial charge in [-0.1, -0.05) is 32.3 Å². The fourth-order valence-corrected chi connectivity index (χ4v) is 1.03. The SMILES string of the molecule is CCC(C)/C=C/B1OCCCO1. The minimum atomic E-state index is -0.0900. The second-order valence-corrected chi connectivity index (χ2v) is 3.23. The van der Waals surface area contributed by atoms with E-state index in [0.717, 1.165) is 19.6 Å². The van der Waals surface area contributed by atoms with Gasteiger partial charge >= 0.3 is 7.12 Å². The largest absolute Gasteiger partial charge is 0.485 e. The fourth-order valence-electron chi connectivity index (χ4n) is 1.03. The van der Waals surface area contributed by atoms with Crippen molar-refractivity contribution < 1.29 is 9.31 Å². The van der Waals surface area contributed by atoms with Gasteiger partial charge in [-0.2, -0.15) is 0 Å². The van der Waals surface area contributed by atoms with Crippen molar-refractivity contribution in [3.8, 4) is 0 Å². The third-order valence-corrected chi connectivity index (χ3v) is 2.09. The van der Waals surface area contributed by atoms with Gasteiger partial charge in [0.1, 0.15) is 0 Å². The molecule has 1 heterocycles. The number of rotatable bonds is 3. The minimum absolute atomic E-state index is 0.0900. The topological polar surface area (TPSA) is 18.5 Å². The molecule has 0 aliphatic carbocycles. The van der Waals surface area contributed by atoms with E-state index in [4.69, 9.17) is 9.31 Å². The summed E-state index contributed by atoms with van der Waals surface area (Å²) in [4.78, 5) is 0. The predicted octanol–water partition coefficient (Wildman–Crippen LogP) is 2.05. The molecule has 1 fully saturated rings. The van der Waals surface area contributed by atoms with Crippen LogP contribution in [0.1, 0.15) is 26.7 Å². The highest BCUT2D eigenvalue weighted by atomic mass is 16.6. The van der Waals surface area contributed by atoms with E-state index < -0.39 is 0 Å². The fraction of sp³-hybridized carbons (Fsp3) is 0.778. The lowest BCUT2D eigenvalue weighted by Gasteiger charge is -2.17. The highest BCUT2D eigenvalue weighted by Gasteiger charge is 2.17. The average Bonchev–Trinajstić information content (AvgIpc) is 2.16. The molecule has 3 heteroatoms. The van der Waals surface area contributed by atoms with Crippen molar-refractivity contribution in [2.24, 2.45) is 5.92 Å². The Morgan fingerprint density at radius 2 is 2.08 bits per heavy atom. The number of hydrogen-bond acceptors (Lipinski definition) is 2. The first-order chi connectivity index (χ1) is 5.83. The molecule has 1 aliphatic rings. The van der Waals surface area contributed by atoms with Crippen LogP contribution < -0.4 is 0 Å². The van der Waals surface area contributed by atoms with E-state index in [9.17, 15) is 0 Å². The molecular weight excluding hydrogens is 151 g/mol. The van der Waals surface area contributed by atoms with E-state index in [1.807, 2.05) is 5.98 Å². The van der Waals surface area contributed by atoms with Crippen molar-refractivity contribution in [3.63, 3.8) is 0 Å². The molecule has 68 valence electrons. The summed E-state index contributed by atoms with van der Waals surface area (Å²) in [6.07, 6.45) is 4.35. The van der Waals surface area contributed by atoms with Gasteiger partial charge in [-0.05, 0) is 12.3 Å². The third-order valence-electron chi connectivity index (χ3n) is 2.09. The first-order valence-corrected chi connectivity index (χ1v) is 4.74. The van der Waals surface area contributed by atoms with E-state index in [1.165, 1.54) is 6.42 Å². The normalized spacial score (nSPS) is 21.7. The van der Waals surface area contributed by atoms with Crippen LogP contribution in [0.5, 0.6) is 0 Å². The number of allylic oxidation sites excluding steroid dienone is 1. The maximum absolute atomic E-state index is 5.36. The highest BCUT2D eigenvalue weighted by molar-refractivity contribution is 6.50. The van der Waals surface area contributed by atoms with Gasteiger partial charge in [-0.15, -0.1) is 0 Å². The molecule has 1 aliphatic heterocycles. The van der Waals surface area contributed by atoms with Crippen LogP contribution in [-0.2, 0) is 9.31 Å². The summed E-state index contributed by atoms with van der Waals surface area (Å²) in [6, 6.07) is 0. The molecule has 0 aromatic carbocycles. The molecule has 12 heavy (non-hydrogen) atoms. The van der Waals surface area contributed by atoms with Gasteiger partial charge in [0.05, 0.1) is 0 Å².